The third-order valence-electron chi connectivity index (χ3n) is 10.3. The van der Waals surface area contributed by atoms with Crippen LogP contribution in [0.2, 0.25) is 0 Å². The van der Waals surface area contributed by atoms with Crippen LogP contribution in [0.15, 0.2) is 190 Å². The smallest absolute Gasteiger partial charge is 0.159 e. The first-order valence-corrected chi connectivity index (χ1v) is 17.7. The highest BCUT2D eigenvalue weighted by Gasteiger charge is 2.29. The molecule has 1 aliphatic heterocycles. The van der Waals surface area contributed by atoms with Gasteiger partial charge in [-0.2, -0.15) is 0 Å². The SMILES string of the molecule is CN1C(c2cc3oc4cc(-c5ccccc5)ccc4c3c3ccccc23)=NC(c2ccccc2)=NC1c1ccc(-c2ccc3ccccc3c2)cc1. The van der Waals surface area contributed by atoms with Gasteiger partial charge in [0.05, 0.1) is 0 Å². The molecule has 52 heavy (non-hydrogen) atoms. The molecule has 2 heterocycles. The van der Waals surface area contributed by atoms with Gasteiger partial charge in [-0.3, -0.25) is 0 Å². The van der Waals surface area contributed by atoms with Gasteiger partial charge in [0, 0.05) is 28.9 Å². The van der Waals surface area contributed by atoms with Crippen LogP contribution < -0.4 is 0 Å². The van der Waals surface area contributed by atoms with E-state index >= 15 is 0 Å². The zero-order chi connectivity index (χ0) is 34.6. The van der Waals surface area contributed by atoms with Gasteiger partial charge in [-0.15, -0.1) is 0 Å². The highest BCUT2D eigenvalue weighted by Crippen LogP contribution is 2.40. The van der Waals surface area contributed by atoms with Crippen LogP contribution in [-0.2, 0) is 0 Å². The minimum atomic E-state index is -0.285. The Morgan fingerprint density at radius 2 is 1.10 bits per heavy atom. The van der Waals surface area contributed by atoms with E-state index in [9.17, 15) is 0 Å². The van der Waals surface area contributed by atoms with Gasteiger partial charge in [-0.05, 0) is 73.6 Å². The van der Waals surface area contributed by atoms with E-state index in [0.717, 1.165) is 66.4 Å². The molecule has 0 bridgehead atoms. The molecule has 0 fully saturated rings. The van der Waals surface area contributed by atoms with Crippen LogP contribution in [0.4, 0.5) is 0 Å². The van der Waals surface area contributed by atoms with E-state index in [1.807, 2.05) is 24.3 Å². The van der Waals surface area contributed by atoms with Crippen LogP contribution >= 0.6 is 0 Å². The van der Waals surface area contributed by atoms with Crippen molar-refractivity contribution >= 4 is 55.2 Å². The largest absolute Gasteiger partial charge is 0.456 e. The van der Waals surface area contributed by atoms with E-state index in [0.29, 0.717) is 5.84 Å². The van der Waals surface area contributed by atoms with Crippen molar-refractivity contribution in [1.29, 1.82) is 0 Å². The summed E-state index contributed by atoms with van der Waals surface area (Å²) in [6.45, 7) is 0. The molecule has 1 aliphatic rings. The number of benzene rings is 8. The van der Waals surface area contributed by atoms with Crippen LogP contribution in [0.5, 0.6) is 0 Å². The number of amidine groups is 2. The molecule has 0 N–H and O–H groups in total. The van der Waals surface area contributed by atoms with Crippen LogP contribution in [0.3, 0.4) is 0 Å². The van der Waals surface area contributed by atoms with Crippen molar-refractivity contribution in [3.8, 4) is 22.3 Å². The highest BCUT2D eigenvalue weighted by molar-refractivity contribution is 6.26. The van der Waals surface area contributed by atoms with Gasteiger partial charge in [-0.25, -0.2) is 9.98 Å². The lowest BCUT2D eigenvalue weighted by Gasteiger charge is -2.33. The van der Waals surface area contributed by atoms with Crippen LogP contribution in [0, 0.1) is 0 Å². The molecule has 0 radical (unpaired) electrons. The number of hydrogen-bond donors (Lipinski definition) is 0. The summed E-state index contributed by atoms with van der Waals surface area (Å²) in [5.74, 6) is 1.56. The fraction of sp³-hybridized carbons (Fsp3) is 0.0417. The normalized spacial score (nSPS) is 14.6. The van der Waals surface area contributed by atoms with Gasteiger partial charge in [0.2, 0.25) is 0 Å². The first-order chi connectivity index (χ1) is 25.7. The Balaban J connectivity index is 1.10. The highest BCUT2D eigenvalue weighted by atomic mass is 16.3. The number of fused-ring (bicyclic) bond motifs is 6. The zero-order valence-electron chi connectivity index (χ0n) is 28.6. The number of aliphatic imine (C=N–C) groups is 2. The number of furan rings is 1. The second kappa shape index (κ2) is 12.2. The van der Waals surface area contributed by atoms with Gasteiger partial charge in [0.1, 0.15) is 23.2 Å². The molecule has 4 heteroatoms. The molecule has 246 valence electrons. The van der Waals surface area contributed by atoms with Gasteiger partial charge in [-0.1, -0.05) is 152 Å². The van der Waals surface area contributed by atoms with E-state index in [1.54, 1.807) is 0 Å². The Morgan fingerprint density at radius 1 is 0.481 bits per heavy atom. The predicted octanol–water partition coefficient (Wildman–Crippen LogP) is 12.1. The maximum Gasteiger partial charge on any atom is 0.159 e. The Labute approximate surface area is 301 Å². The summed E-state index contributed by atoms with van der Waals surface area (Å²) in [5, 5.41) is 6.96. The van der Waals surface area contributed by atoms with Crippen LogP contribution in [-0.4, -0.2) is 23.6 Å². The van der Waals surface area contributed by atoms with Crippen molar-refractivity contribution in [3.63, 3.8) is 0 Å². The number of hydrogen-bond acceptors (Lipinski definition) is 4. The third-order valence-corrected chi connectivity index (χ3v) is 10.3. The molecule has 4 nitrogen and oxygen atoms in total. The summed E-state index contributed by atoms with van der Waals surface area (Å²) in [6, 6.07) is 62.0. The number of nitrogens with zero attached hydrogens (tertiary/aromatic N) is 3. The average Bonchev–Trinajstić information content (AvgIpc) is 3.59. The van der Waals surface area contributed by atoms with E-state index < -0.39 is 0 Å². The molecule has 0 saturated carbocycles. The standard InChI is InChI=1S/C48H33N3O/c1-51-47(35-23-20-33(21-24-35)37-25-22-32-14-8-9-17-36(32)28-37)49-46(34-15-6-3-7-16-34)50-48(51)42-30-44-45(40-19-11-10-18-39(40)42)41-27-26-38(29-43(41)52-44)31-12-4-2-5-13-31/h2-30,47H,1H3. The lowest BCUT2D eigenvalue weighted by Crippen LogP contribution is -2.35. The second-order valence-corrected chi connectivity index (χ2v) is 13.4. The molecule has 0 spiro atoms. The molecule has 1 atom stereocenters. The molecule has 1 aromatic heterocycles. The molecule has 10 rings (SSSR count). The Kier molecular flexibility index (Phi) is 7.07. The molecular formula is C48H33N3O. The first kappa shape index (κ1) is 30.1. The Morgan fingerprint density at radius 3 is 1.88 bits per heavy atom. The summed E-state index contributed by atoms with van der Waals surface area (Å²) >= 11 is 0. The maximum absolute atomic E-state index is 6.69. The Bertz CT molecular complexity index is 2850. The quantitative estimate of drug-likeness (QED) is 0.183. The summed E-state index contributed by atoms with van der Waals surface area (Å²) in [6.07, 6.45) is -0.285. The predicted molar refractivity (Wildman–Crippen MR) is 216 cm³/mol. The molecule has 0 saturated heterocycles. The van der Waals surface area contributed by atoms with Gasteiger partial charge in [0.15, 0.2) is 5.84 Å². The van der Waals surface area contributed by atoms with Gasteiger partial charge in [0.25, 0.3) is 0 Å². The van der Waals surface area contributed by atoms with Crippen molar-refractivity contribution in [2.24, 2.45) is 9.98 Å². The van der Waals surface area contributed by atoms with Crippen molar-refractivity contribution in [1.82, 2.24) is 4.90 Å². The molecule has 8 aromatic carbocycles. The monoisotopic (exact) mass is 667 g/mol. The van der Waals surface area contributed by atoms with Crippen molar-refractivity contribution < 1.29 is 4.42 Å². The van der Waals surface area contributed by atoms with Gasteiger partial charge < -0.3 is 9.32 Å². The molecule has 9 aromatic rings. The molecule has 0 amide bonds. The fourth-order valence-corrected chi connectivity index (χ4v) is 7.65. The van der Waals surface area contributed by atoms with E-state index in [2.05, 4.69) is 164 Å². The van der Waals surface area contributed by atoms with E-state index in [4.69, 9.17) is 14.4 Å². The summed E-state index contributed by atoms with van der Waals surface area (Å²) in [5.41, 5.74) is 9.45. The molecular weight excluding hydrogens is 635 g/mol. The maximum atomic E-state index is 6.69. The van der Waals surface area contributed by atoms with Crippen molar-refractivity contribution in [2.75, 3.05) is 7.05 Å². The lowest BCUT2D eigenvalue weighted by atomic mass is 9.96. The topological polar surface area (TPSA) is 41.1 Å². The van der Waals surface area contributed by atoms with Crippen LogP contribution in [0.25, 0.3) is 65.7 Å². The first-order valence-electron chi connectivity index (χ1n) is 17.7. The summed E-state index contributed by atoms with van der Waals surface area (Å²) < 4.78 is 6.69. The zero-order valence-corrected chi connectivity index (χ0v) is 28.6. The Hall–Kier alpha value is -6.78. The minimum absolute atomic E-state index is 0.285. The number of rotatable bonds is 5. The van der Waals surface area contributed by atoms with Crippen LogP contribution in [0.1, 0.15) is 22.9 Å². The fourth-order valence-electron chi connectivity index (χ4n) is 7.65. The van der Waals surface area contributed by atoms with E-state index in [1.165, 1.54) is 21.9 Å². The minimum Gasteiger partial charge on any atom is -0.456 e. The molecule has 0 aliphatic carbocycles. The average molecular weight is 668 g/mol. The van der Waals surface area contributed by atoms with Gasteiger partial charge >= 0.3 is 0 Å². The van der Waals surface area contributed by atoms with Crippen molar-refractivity contribution in [2.45, 2.75) is 6.17 Å². The summed E-state index contributed by atoms with van der Waals surface area (Å²) in [7, 11) is 2.09. The lowest BCUT2D eigenvalue weighted by molar-refractivity contribution is 0.383. The molecule has 1 unspecified atom stereocenters. The summed E-state index contributed by atoms with van der Waals surface area (Å²) in [4.78, 5) is 12.8. The van der Waals surface area contributed by atoms with Crippen molar-refractivity contribution in [3.05, 3.63) is 193 Å². The van der Waals surface area contributed by atoms with E-state index in [-0.39, 0.29) is 6.17 Å². The third kappa shape index (κ3) is 5.07. The second-order valence-electron chi connectivity index (χ2n) is 13.4.